The normalized spacial score (nSPS) is 13.3. The van der Waals surface area contributed by atoms with Gasteiger partial charge in [-0.15, -0.1) is 0 Å². The lowest BCUT2D eigenvalue weighted by Crippen LogP contribution is -2.52. The second-order valence-electron chi connectivity index (χ2n) is 19.1. The van der Waals surface area contributed by atoms with Gasteiger partial charge in [-0.2, -0.15) is 0 Å². The minimum absolute atomic E-state index is 0.0981. The molecule has 0 saturated heterocycles. The maximum absolute atomic E-state index is 13.2. The summed E-state index contributed by atoms with van der Waals surface area (Å²) in [4.78, 5) is 0. The van der Waals surface area contributed by atoms with Gasteiger partial charge in [-0.25, -0.2) is 0 Å². The monoisotopic (exact) mass is 761 g/mol. The van der Waals surface area contributed by atoms with Crippen LogP contribution in [0.2, 0.25) is 0 Å². The van der Waals surface area contributed by atoms with Crippen LogP contribution in [0, 0.1) is 11.3 Å². The summed E-state index contributed by atoms with van der Waals surface area (Å²) in [6.45, 7) is 14.1. The molecule has 1 nitrogen and oxygen atoms in total. The van der Waals surface area contributed by atoms with Crippen LogP contribution in [0.15, 0.2) is 0 Å². The first-order chi connectivity index (χ1) is 26.4. The van der Waals surface area contributed by atoms with Crippen LogP contribution in [0.5, 0.6) is 0 Å². The molecule has 0 aliphatic carbocycles. The number of rotatable bonds is 46. The molecule has 0 rings (SSSR count). The van der Waals surface area contributed by atoms with Gasteiger partial charge in [0.15, 0.2) is 0 Å². The van der Waals surface area contributed by atoms with Crippen LogP contribution in [-0.4, -0.2) is 10.7 Å². The molecule has 1 N–H and O–H groups in total. The minimum atomic E-state index is -0.523. The van der Waals surface area contributed by atoms with Crippen LogP contribution >= 0.6 is 0 Å². The highest BCUT2D eigenvalue weighted by Gasteiger charge is 2.50. The lowest BCUT2D eigenvalue weighted by Gasteiger charge is -2.51. The summed E-state index contributed by atoms with van der Waals surface area (Å²) in [5.41, 5.74) is -0.425. The largest absolute Gasteiger partial charge is 0.389 e. The molecule has 0 bridgehead atoms. The van der Waals surface area contributed by atoms with Gasteiger partial charge in [0.25, 0.3) is 0 Å². The van der Waals surface area contributed by atoms with Gasteiger partial charge in [0.05, 0.1) is 5.60 Å². The van der Waals surface area contributed by atoms with Crippen molar-refractivity contribution in [3.63, 3.8) is 0 Å². The molecule has 0 aliphatic rings. The third-order valence-electron chi connectivity index (χ3n) is 13.8. The highest BCUT2D eigenvalue weighted by molar-refractivity contribution is 5.01. The molecule has 0 saturated carbocycles. The maximum Gasteiger partial charge on any atom is 0.0726 e. The van der Waals surface area contributed by atoms with Crippen LogP contribution in [-0.2, 0) is 0 Å². The number of unbranched alkanes of at least 4 members (excludes halogenated alkanes) is 36. The fraction of sp³-hybridized carbons (Fsp3) is 1.00. The van der Waals surface area contributed by atoms with E-state index in [0.29, 0.717) is 5.92 Å². The molecular weight excluding hydrogens is 653 g/mol. The zero-order valence-electron chi connectivity index (χ0n) is 39.1. The van der Waals surface area contributed by atoms with Crippen molar-refractivity contribution in [3.05, 3.63) is 0 Å². The third kappa shape index (κ3) is 30.1. The lowest BCUT2D eigenvalue weighted by atomic mass is 9.57. The summed E-state index contributed by atoms with van der Waals surface area (Å²) in [5.74, 6) is 0.338. The Morgan fingerprint density at radius 1 is 0.259 bits per heavy atom. The highest BCUT2D eigenvalue weighted by atomic mass is 16.3. The molecule has 1 unspecified atom stereocenters. The second-order valence-corrected chi connectivity index (χ2v) is 19.1. The molecule has 0 fully saturated rings. The van der Waals surface area contributed by atoms with E-state index in [-0.39, 0.29) is 5.41 Å². The van der Waals surface area contributed by atoms with Crippen molar-refractivity contribution in [1.82, 2.24) is 0 Å². The van der Waals surface area contributed by atoms with E-state index in [2.05, 4.69) is 41.5 Å². The first-order valence-corrected chi connectivity index (χ1v) is 26.2. The zero-order chi connectivity index (χ0) is 39.7. The van der Waals surface area contributed by atoms with Gasteiger partial charge in [-0.1, -0.05) is 298 Å². The number of hydrogen-bond donors (Lipinski definition) is 1. The van der Waals surface area contributed by atoms with Gasteiger partial charge in [0, 0.05) is 0 Å². The molecule has 0 aromatic rings. The molecule has 0 aromatic carbocycles. The fourth-order valence-corrected chi connectivity index (χ4v) is 9.93. The van der Waals surface area contributed by atoms with Crippen LogP contribution in [0.3, 0.4) is 0 Å². The van der Waals surface area contributed by atoms with E-state index in [1.807, 2.05) is 0 Å². The first kappa shape index (κ1) is 54.0. The molecular formula is C53H108O. The Balaban J connectivity index is 5.52. The predicted molar refractivity (Wildman–Crippen MR) is 248 cm³/mol. The third-order valence-corrected chi connectivity index (χ3v) is 13.8. The van der Waals surface area contributed by atoms with Crippen LogP contribution in [0.1, 0.15) is 324 Å². The Hall–Kier alpha value is -0.0400. The van der Waals surface area contributed by atoms with Crippen LogP contribution in [0.25, 0.3) is 0 Å². The second kappa shape index (κ2) is 41.1. The summed E-state index contributed by atoms with van der Waals surface area (Å²) in [6, 6.07) is 0. The van der Waals surface area contributed by atoms with Crippen molar-refractivity contribution in [2.75, 3.05) is 0 Å². The van der Waals surface area contributed by atoms with Crippen molar-refractivity contribution in [2.45, 2.75) is 330 Å². The SMILES string of the molecule is CCCCCCCCCCCCC(CCCCCCCCCCCC)(CCCCCCCCCCCC)C(O)(CCCCCCCCCCCC)C(C)C. The Morgan fingerprint density at radius 3 is 0.611 bits per heavy atom. The van der Waals surface area contributed by atoms with Gasteiger partial charge in [-0.05, 0) is 37.0 Å². The first-order valence-electron chi connectivity index (χ1n) is 26.2. The van der Waals surface area contributed by atoms with E-state index in [1.165, 1.54) is 276 Å². The Kier molecular flexibility index (Phi) is 41.1. The molecule has 0 radical (unpaired) electrons. The summed E-state index contributed by atoms with van der Waals surface area (Å²) in [6.07, 6.45) is 60.7. The van der Waals surface area contributed by atoms with Gasteiger partial charge >= 0.3 is 0 Å². The van der Waals surface area contributed by atoms with Crippen molar-refractivity contribution >= 4 is 0 Å². The molecule has 326 valence electrons. The van der Waals surface area contributed by atoms with E-state index in [9.17, 15) is 5.11 Å². The molecule has 0 spiro atoms. The van der Waals surface area contributed by atoms with Crippen molar-refractivity contribution in [1.29, 1.82) is 0 Å². The van der Waals surface area contributed by atoms with Gasteiger partial charge in [0.2, 0.25) is 0 Å². The van der Waals surface area contributed by atoms with Crippen LogP contribution < -0.4 is 0 Å². The Morgan fingerprint density at radius 2 is 0.426 bits per heavy atom. The standard InChI is InChI=1S/C53H108O/c1-7-11-15-19-23-27-31-35-39-43-47-52(48-44-40-36-32-28-24-20-16-12-8-2,49-45-41-37-33-29-25-21-17-13-9-3)53(54,51(5)6)50-46-42-38-34-30-26-22-18-14-10-4/h51,54H,7-50H2,1-6H3. The molecule has 54 heavy (non-hydrogen) atoms. The van der Waals surface area contributed by atoms with Gasteiger partial charge in [0.1, 0.15) is 0 Å². The molecule has 1 heteroatoms. The summed E-state index contributed by atoms with van der Waals surface area (Å²) in [7, 11) is 0. The van der Waals surface area contributed by atoms with Gasteiger partial charge < -0.3 is 5.11 Å². The van der Waals surface area contributed by atoms with Gasteiger partial charge in [-0.3, -0.25) is 0 Å². The van der Waals surface area contributed by atoms with E-state index in [4.69, 9.17) is 0 Å². The smallest absolute Gasteiger partial charge is 0.0726 e. The molecule has 0 aliphatic heterocycles. The van der Waals surface area contributed by atoms with E-state index >= 15 is 0 Å². The Labute approximate surface area is 345 Å². The van der Waals surface area contributed by atoms with Crippen molar-refractivity contribution in [2.24, 2.45) is 11.3 Å². The average molecular weight is 761 g/mol. The highest BCUT2D eigenvalue weighted by Crippen LogP contribution is 2.52. The quantitative estimate of drug-likeness (QED) is 0.0613. The topological polar surface area (TPSA) is 20.2 Å². The fourth-order valence-electron chi connectivity index (χ4n) is 9.93. The van der Waals surface area contributed by atoms with Crippen molar-refractivity contribution in [3.8, 4) is 0 Å². The number of hydrogen-bond acceptors (Lipinski definition) is 1. The Bertz CT molecular complexity index is 638. The lowest BCUT2D eigenvalue weighted by molar-refractivity contribution is -0.141. The van der Waals surface area contributed by atoms with Crippen molar-refractivity contribution < 1.29 is 5.11 Å². The molecule has 0 aromatic heterocycles. The number of aliphatic hydroxyl groups is 1. The molecule has 0 heterocycles. The zero-order valence-corrected chi connectivity index (χ0v) is 39.1. The summed E-state index contributed by atoms with van der Waals surface area (Å²) >= 11 is 0. The summed E-state index contributed by atoms with van der Waals surface area (Å²) in [5, 5.41) is 13.2. The minimum Gasteiger partial charge on any atom is -0.389 e. The van der Waals surface area contributed by atoms with Crippen LogP contribution in [0.4, 0.5) is 0 Å². The van der Waals surface area contributed by atoms with E-state index < -0.39 is 5.60 Å². The average Bonchev–Trinajstić information content (AvgIpc) is 3.17. The van der Waals surface area contributed by atoms with E-state index in [1.54, 1.807) is 0 Å². The molecule has 0 amide bonds. The van der Waals surface area contributed by atoms with E-state index in [0.717, 1.165) is 6.42 Å². The predicted octanol–water partition coefficient (Wildman–Crippen LogP) is 19.6. The maximum atomic E-state index is 13.2. The summed E-state index contributed by atoms with van der Waals surface area (Å²) < 4.78 is 0. The molecule has 1 atom stereocenters.